The lowest BCUT2D eigenvalue weighted by molar-refractivity contribution is 0.0919. The molecule has 2 aromatic rings. The standard InChI is InChI=1S/C19H24N4O5/c1-21-17(20)16(18(25)22(2)19(21)26)13(24)10-23-6-5-11-7-14(27-3)15(28-4)8-12(11)9-23/h7-8H,5-6,9-10,20H2,1-4H3. The number of ether oxygens (including phenoxy) is 2. The van der Waals surface area contributed by atoms with Crippen molar-refractivity contribution in [2.75, 3.05) is 33.0 Å². The van der Waals surface area contributed by atoms with Crippen molar-refractivity contribution in [2.24, 2.45) is 14.1 Å². The average molecular weight is 388 g/mol. The van der Waals surface area contributed by atoms with Gasteiger partial charge in [-0.25, -0.2) is 4.79 Å². The molecular formula is C19H24N4O5. The maximum absolute atomic E-state index is 12.8. The van der Waals surface area contributed by atoms with Gasteiger partial charge in [-0.2, -0.15) is 0 Å². The van der Waals surface area contributed by atoms with E-state index in [-0.39, 0.29) is 17.9 Å². The quantitative estimate of drug-likeness (QED) is 0.714. The molecule has 28 heavy (non-hydrogen) atoms. The molecule has 1 aliphatic rings. The van der Waals surface area contributed by atoms with Crippen LogP contribution in [0.4, 0.5) is 5.82 Å². The van der Waals surface area contributed by atoms with Crippen LogP contribution in [0.1, 0.15) is 21.5 Å². The molecule has 3 rings (SSSR count). The highest BCUT2D eigenvalue weighted by atomic mass is 16.5. The minimum absolute atomic E-state index is 0.0332. The number of carbonyl (C=O) groups excluding carboxylic acids is 1. The molecule has 150 valence electrons. The van der Waals surface area contributed by atoms with E-state index in [2.05, 4.69) is 0 Å². The molecule has 9 heteroatoms. The number of nitrogen functional groups attached to an aromatic ring is 1. The van der Waals surface area contributed by atoms with Gasteiger partial charge in [-0.15, -0.1) is 0 Å². The lowest BCUT2D eigenvalue weighted by Crippen LogP contribution is -2.43. The second-order valence-electron chi connectivity index (χ2n) is 6.83. The monoisotopic (exact) mass is 388 g/mol. The van der Waals surface area contributed by atoms with Gasteiger partial charge in [0.25, 0.3) is 5.56 Å². The highest BCUT2D eigenvalue weighted by molar-refractivity contribution is 6.01. The second kappa shape index (κ2) is 7.51. The molecule has 9 nitrogen and oxygen atoms in total. The Morgan fingerprint density at radius 3 is 2.29 bits per heavy atom. The number of rotatable bonds is 5. The summed E-state index contributed by atoms with van der Waals surface area (Å²) < 4.78 is 12.7. The van der Waals surface area contributed by atoms with Crippen LogP contribution in [-0.2, 0) is 27.1 Å². The normalized spacial score (nSPS) is 13.9. The van der Waals surface area contributed by atoms with Crippen LogP contribution >= 0.6 is 0 Å². The number of anilines is 1. The van der Waals surface area contributed by atoms with Crippen molar-refractivity contribution in [2.45, 2.75) is 13.0 Å². The summed E-state index contributed by atoms with van der Waals surface area (Å²) in [4.78, 5) is 39.1. The summed E-state index contributed by atoms with van der Waals surface area (Å²) in [6.45, 7) is 1.22. The van der Waals surface area contributed by atoms with Crippen molar-refractivity contribution in [3.63, 3.8) is 0 Å². The second-order valence-corrected chi connectivity index (χ2v) is 6.83. The van der Waals surface area contributed by atoms with Gasteiger partial charge in [0.05, 0.1) is 20.8 Å². The zero-order chi connectivity index (χ0) is 20.6. The van der Waals surface area contributed by atoms with Gasteiger partial charge >= 0.3 is 5.69 Å². The number of benzene rings is 1. The summed E-state index contributed by atoms with van der Waals surface area (Å²) >= 11 is 0. The molecule has 0 saturated heterocycles. The van der Waals surface area contributed by atoms with E-state index in [1.54, 1.807) is 14.2 Å². The Hall–Kier alpha value is -3.07. The van der Waals surface area contributed by atoms with Gasteiger partial charge in [0.15, 0.2) is 17.3 Å². The maximum atomic E-state index is 12.8. The van der Waals surface area contributed by atoms with Gasteiger partial charge in [-0.1, -0.05) is 0 Å². The molecule has 1 aromatic carbocycles. The first kappa shape index (κ1) is 19.7. The summed E-state index contributed by atoms with van der Waals surface area (Å²) in [5, 5.41) is 0. The number of Topliss-reactive ketones (excluding diaryl/α,β-unsaturated/α-hetero) is 1. The number of hydrogen-bond donors (Lipinski definition) is 1. The molecule has 1 aliphatic heterocycles. The smallest absolute Gasteiger partial charge is 0.332 e. The molecule has 0 atom stereocenters. The van der Waals surface area contributed by atoms with E-state index < -0.39 is 17.0 Å². The number of nitrogens with zero attached hydrogens (tertiary/aromatic N) is 3. The molecule has 0 spiro atoms. The SMILES string of the molecule is COc1cc2c(cc1OC)CN(CC(=O)c1c(N)n(C)c(=O)n(C)c1=O)CC2. The summed E-state index contributed by atoms with van der Waals surface area (Å²) in [6.07, 6.45) is 0.740. The summed E-state index contributed by atoms with van der Waals surface area (Å²) in [6, 6.07) is 3.86. The Kier molecular flexibility index (Phi) is 5.28. The highest BCUT2D eigenvalue weighted by Crippen LogP contribution is 2.33. The van der Waals surface area contributed by atoms with Crippen molar-refractivity contribution in [1.82, 2.24) is 14.0 Å². The predicted octanol–water partition coefficient (Wildman–Crippen LogP) is -0.0756. The number of methoxy groups -OCH3 is 2. The molecule has 0 amide bonds. The fraction of sp³-hybridized carbons (Fsp3) is 0.421. The first-order valence-corrected chi connectivity index (χ1v) is 8.83. The van der Waals surface area contributed by atoms with Crippen LogP contribution < -0.4 is 26.5 Å². The first-order chi connectivity index (χ1) is 13.3. The van der Waals surface area contributed by atoms with Gasteiger partial charge in [0.2, 0.25) is 0 Å². The Labute approximate surface area is 161 Å². The van der Waals surface area contributed by atoms with Gasteiger partial charge in [0.1, 0.15) is 11.4 Å². The molecule has 0 unspecified atom stereocenters. The maximum Gasteiger partial charge on any atom is 0.332 e. The van der Waals surface area contributed by atoms with Crippen molar-refractivity contribution >= 4 is 11.6 Å². The van der Waals surface area contributed by atoms with Crippen molar-refractivity contribution in [1.29, 1.82) is 0 Å². The van der Waals surface area contributed by atoms with Gasteiger partial charge in [0, 0.05) is 27.2 Å². The Bertz CT molecular complexity index is 1050. The van der Waals surface area contributed by atoms with Crippen LogP contribution in [0.25, 0.3) is 0 Å². The van der Waals surface area contributed by atoms with Crippen LogP contribution in [0, 0.1) is 0 Å². The molecule has 0 saturated carbocycles. The molecule has 1 aromatic heterocycles. The topological polar surface area (TPSA) is 109 Å². The van der Waals surface area contributed by atoms with Crippen LogP contribution in [0.15, 0.2) is 21.7 Å². The highest BCUT2D eigenvalue weighted by Gasteiger charge is 2.25. The van der Waals surface area contributed by atoms with E-state index >= 15 is 0 Å². The van der Waals surface area contributed by atoms with Crippen LogP contribution in [0.2, 0.25) is 0 Å². The summed E-state index contributed by atoms with van der Waals surface area (Å²) in [5.41, 5.74) is 6.68. The molecule has 0 bridgehead atoms. The minimum atomic E-state index is -0.672. The predicted molar refractivity (Wildman–Crippen MR) is 104 cm³/mol. The van der Waals surface area contributed by atoms with Gasteiger partial charge in [-0.05, 0) is 29.7 Å². The molecular weight excluding hydrogens is 364 g/mol. The zero-order valence-electron chi connectivity index (χ0n) is 16.4. The third kappa shape index (κ3) is 3.29. The van der Waals surface area contributed by atoms with E-state index in [1.807, 2.05) is 17.0 Å². The van der Waals surface area contributed by atoms with E-state index in [0.29, 0.717) is 24.6 Å². The van der Waals surface area contributed by atoms with E-state index in [9.17, 15) is 14.4 Å². The zero-order valence-corrected chi connectivity index (χ0v) is 16.4. The average Bonchev–Trinajstić information content (AvgIpc) is 2.69. The van der Waals surface area contributed by atoms with Crippen molar-refractivity contribution in [3.8, 4) is 11.5 Å². The van der Waals surface area contributed by atoms with Crippen LogP contribution in [0.3, 0.4) is 0 Å². The van der Waals surface area contributed by atoms with Crippen LogP contribution in [-0.4, -0.2) is 47.1 Å². The molecule has 0 aliphatic carbocycles. The Morgan fingerprint density at radius 2 is 1.68 bits per heavy atom. The molecule has 2 N–H and O–H groups in total. The molecule has 0 fully saturated rings. The van der Waals surface area contributed by atoms with E-state index in [1.165, 1.54) is 14.1 Å². The fourth-order valence-corrected chi connectivity index (χ4v) is 3.48. The Balaban J connectivity index is 1.86. The largest absolute Gasteiger partial charge is 0.493 e. The van der Waals surface area contributed by atoms with Gasteiger partial charge in [-0.3, -0.25) is 23.6 Å². The number of carbonyl (C=O) groups is 1. The third-order valence-electron chi connectivity index (χ3n) is 5.15. The number of nitrogens with two attached hydrogens (primary N) is 1. The van der Waals surface area contributed by atoms with E-state index in [4.69, 9.17) is 15.2 Å². The summed E-state index contributed by atoms with van der Waals surface area (Å²) in [7, 11) is 5.94. The van der Waals surface area contributed by atoms with Crippen molar-refractivity contribution in [3.05, 3.63) is 49.7 Å². The van der Waals surface area contributed by atoms with Crippen molar-refractivity contribution < 1.29 is 14.3 Å². The lowest BCUT2D eigenvalue weighted by atomic mass is 9.98. The third-order valence-corrected chi connectivity index (χ3v) is 5.15. The fourth-order valence-electron chi connectivity index (χ4n) is 3.48. The number of aromatic nitrogens is 2. The number of ketones is 1. The molecule has 0 radical (unpaired) electrons. The van der Waals surface area contributed by atoms with Gasteiger partial charge < -0.3 is 15.2 Å². The van der Waals surface area contributed by atoms with E-state index in [0.717, 1.165) is 26.7 Å². The minimum Gasteiger partial charge on any atom is -0.493 e. The lowest BCUT2D eigenvalue weighted by Gasteiger charge is -2.29. The van der Waals surface area contributed by atoms with Crippen LogP contribution in [0.5, 0.6) is 11.5 Å². The Morgan fingerprint density at radius 1 is 1.07 bits per heavy atom. The summed E-state index contributed by atoms with van der Waals surface area (Å²) in [5.74, 6) is 0.789. The number of fused-ring (bicyclic) bond motifs is 1. The molecule has 2 heterocycles. The number of hydrogen-bond acceptors (Lipinski definition) is 7. The first-order valence-electron chi connectivity index (χ1n) is 8.83.